The molecule has 0 fully saturated rings. The van der Waals surface area contributed by atoms with Crippen molar-refractivity contribution in [2.24, 2.45) is 5.73 Å². The summed E-state index contributed by atoms with van der Waals surface area (Å²) in [6.07, 6.45) is 3.76. The van der Waals surface area contributed by atoms with Crippen LogP contribution < -0.4 is 5.73 Å². The van der Waals surface area contributed by atoms with E-state index in [0.29, 0.717) is 16.5 Å². The minimum atomic E-state index is -0.213. The summed E-state index contributed by atoms with van der Waals surface area (Å²) in [5, 5.41) is 1.01. The summed E-state index contributed by atoms with van der Waals surface area (Å²) in [6, 6.07) is -0.213. The summed E-state index contributed by atoms with van der Waals surface area (Å²) < 4.78 is 0. The summed E-state index contributed by atoms with van der Waals surface area (Å²) in [4.78, 5) is 3.86. The molecule has 0 aromatic carbocycles. The van der Waals surface area contributed by atoms with Crippen molar-refractivity contribution in [3.63, 3.8) is 0 Å². The fourth-order valence-electron chi connectivity index (χ4n) is 1.25. The molecule has 2 N–H and O–H groups in total. The van der Waals surface area contributed by atoms with Gasteiger partial charge in [0, 0.05) is 24.0 Å². The lowest BCUT2D eigenvalue weighted by Gasteiger charge is -2.14. The van der Waals surface area contributed by atoms with E-state index in [9.17, 15) is 0 Å². The Bertz CT molecular complexity index is 330. The molecule has 0 aliphatic rings. The molecular weight excluding hydrogens is 219 g/mol. The maximum absolute atomic E-state index is 5.95. The maximum atomic E-state index is 5.95. The molecule has 14 heavy (non-hydrogen) atoms. The zero-order valence-corrected chi connectivity index (χ0v) is 9.44. The fraction of sp³-hybridized carbons (Fsp3) is 0.300. The molecule has 1 heterocycles. The number of pyridine rings is 1. The van der Waals surface area contributed by atoms with Gasteiger partial charge in [-0.25, -0.2) is 0 Å². The Balaban J connectivity index is 2.99. The third-order valence-electron chi connectivity index (χ3n) is 1.83. The van der Waals surface area contributed by atoms with Crippen LogP contribution in [0.3, 0.4) is 0 Å². The number of aromatic nitrogens is 1. The molecule has 1 aromatic rings. The molecule has 0 bridgehead atoms. The quantitative estimate of drug-likeness (QED) is 0.810. The Kier molecular flexibility index (Phi) is 3.93. The Labute approximate surface area is 93.7 Å². The summed E-state index contributed by atoms with van der Waals surface area (Å²) in [6.45, 7) is 5.72. The summed E-state index contributed by atoms with van der Waals surface area (Å²) in [5.41, 5.74) is 7.68. The zero-order chi connectivity index (χ0) is 10.7. The van der Waals surface area contributed by atoms with Crippen molar-refractivity contribution in [3.05, 3.63) is 40.2 Å². The van der Waals surface area contributed by atoms with E-state index in [-0.39, 0.29) is 6.04 Å². The Morgan fingerprint density at radius 3 is 2.43 bits per heavy atom. The van der Waals surface area contributed by atoms with Gasteiger partial charge >= 0.3 is 0 Å². The van der Waals surface area contributed by atoms with Crippen LogP contribution >= 0.6 is 23.2 Å². The van der Waals surface area contributed by atoms with Gasteiger partial charge < -0.3 is 5.73 Å². The van der Waals surface area contributed by atoms with E-state index < -0.39 is 0 Å². The van der Waals surface area contributed by atoms with Crippen LogP contribution in [0, 0.1) is 0 Å². The normalized spacial score (nSPS) is 12.6. The van der Waals surface area contributed by atoms with Crippen LogP contribution in [0.2, 0.25) is 10.0 Å². The molecule has 0 amide bonds. The largest absolute Gasteiger partial charge is 0.324 e. The molecule has 0 spiro atoms. The van der Waals surface area contributed by atoms with Crippen molar-refractivity contribution in [2.75, 3.05) is 0 Å². The predicted molar refractivity (Wildman–Crippen MR) is 60.6 cm³/mol. The van der Waals surface area contributed by atoms with E-state index in [1.54, 1.807) is 12.4 Å². The van der Waals surface area contributed by atoms with Crippen LogP contribution in [0.5, 0.6) is 0 Å². The van der Waals surface area contributed by atoms with Gasteiger partial charge in [0.15, 0.2) is 0 Å². The first-order chi connectivity index (χ1) is 6.52. The monoisotopic (exact) mass is 230 g/mol. The Hall–Kier alpha value is -0.570. The number of hydrogen-bond donors (Lipinski definition) is 1. The van der Waals surface area contributed by atoms with Gasteiger partial charge in [0.25, 0.3) is 0 Å². The van der Waals surface area contributed by atoms with Crippen molar-refractivity contribution in [2.45, 2.75) is 19.4 Å². The van der Waals surface area contributed by atoms with E-state index in [0.717, 1.165) is 11.1 Å². The molecule has 76 valence electrons. The standard InChI is InChI=1S/C10H12Cl2N2/c1-6(2)3-9(13)10-7(11)4-14-5-8(10)12/h4-5,9H,1,3,13H2,2H3/t9-/m1/s1. The predicted octanol–water partition coefficient (Wildman–Crippen LogP) is 3.35. The molecule has 0 aliphatic heterocycles. The molecule has 1 atom stereocenters. The SMILES string of the molecule is C=C(C)C[C@@H](N)c1c(Cl)cncc1Cl. The second kappa shape index (κ2) is 4.78. The van der Waals surface area contributed by atoms with E-state index in [1.807, 2.05) is 6.92 Å². The molecular formula is C10H12Cl2N2. The highest BCUT2D eigenvalue weighted by atomic mass is 35.5. The van der Waals surface area contributed by atoms with Crippen LogP contribution in [0.1, 0.15) is 24.9 Å². The molecule has 0 unspecified atom stereocenters. The van der Waals surface area contributed by atoms with Crippen molar-refractivity contribution in [1.29, 1.82) is 0 Å². The zero-order valence-electron chi connectivity index (χ0n) is 7.93. The number of hydrogen-bond acceptors (Lipinski definition) is 2. The average Bonchev–Trinajstić information content (AvgIpc) is 2.01. The van der Waals surface area contributed by atoms with Gasteiger partial charge in [-0.2, -0.15) is 0 Å². The van der Waals surface area contributed by atoms with Gasteiger partial charge in [0.1, 0.15) is 0 Å². The van der Waals surface area contributed by atoms with E-state index in [2.05, 4.69) is 11.6 Å². The average molecular weight is 231 g/mol. The highest BCUT2D eigenvalue weighted by Gasteiger charge is 2.14. The Morgan fingerprint density at radius 2 is 2.00 bits per heavy atom. The van der Waals surface area contributed by atoms with Gasteiger partial charge in [-0.15, -0.1) is 6.58 Å². The second-order valence-corrected chi connectivity index (χ2v) is 4.10. The molecule has 0 saturated carbocycles. The van der Waals surface area contributed by atoms with Crippen molar-refractivity contribution < 1.29 is 0 Å². The topological polar surface area (TPSA) is 38.9 Å². The first-order valence-corrected chi connectivity index (χ1v) is 4.97. The summed E-state index contributed by atoms with van der Waals surface area (Å²) in [5.74, 6) is 0. The molecule has 1 aromatic heterocycles. The molecule has 0 radical (unpaired) electrons. The number of nitrogens with two attached hydrogens (primary N) is 1. The van der Waals surface area contributed by atoms with E-state index in [4.69, 9.17) is 28.9 Å². The number of halogens is 2. The van der Waals surface area contributed by atoms with Gasteiger partial charge in [-0.3, -0.25) is 4.98 Å². The van der Waals surface area contributed by atoms with E-state index in [1.165, 1.54) is 0 Å². The molecule has 0 saturated heterocycles. The Morgan fingerprint density at radius 1 is 1.50 bits per heavy atom. The third kappa shape index (κ3) is 2.71. The molecule has 0 aliphatic carbocycles. The van der Waals surface area contributed by atoms with Gasteiger partial charge in [-0.05, 0) is 13.3 Å². The van der Waals surface area contributed by atoms with Gasteiger partial charge in [-0.1, -0.05) is 28.8 Å². The van der Waals surface area contributed by atoms with E-state index >= 15 is 0 Å². The molecule has 4 heteroatoms. The highest BCUT2D eigenvalue weighted by Crippen LogP contribution is 2.30. The van der Waals surface area contributed by atoms with Gasteiger partial charge in [0.2, 0.25) is 0 Å². The van der Waals surface area contributed by atoms with Gasteiger partial charge in [0.05, 0.1) is 10.0 Å². The van der Waals surface area contributed by atoms with Crippen LogP contribution in [0.15, 0.2) is 24.5 Å². The maximum Gasteiger partial charge on any atom is 0.0652 e. The first-order valence-electron chi connectivity index (χ1n) is 4.21. The number of rotatable bonds is 3. The lowest BCUT2D eigenvalue weighted by atomic mass is 10.0. The minimum absolute atomic E-state index is 0.213. The van der Waals surface area contributed by atoms with Crippen LogP contribution in [-0.2, 0) is 0 Å². The number of nitrogens with zero attached hydrogens (tertiary/aromatic N) is 1. The third-order valence-corrected chi connectivity index (χ3v) is 2.43. The highest BCUT2D eigenvalue weighted by molar-refractivity contribution is 6.35. The molecule has 1 rings (SSSR count). The van der Waals surface area contributed by atoms with Crippen molar-refractivity contribution >= 4 is 23.2 Å². The molecule has 2 nitrogen and oxygen atoms in total. The van der Waals surface area contributed by atoms with Crippen molar-refractivity contribution in [1.82, 2.24) is 4.98 Å². The first kappa shape index (κ1) is 11.5. The minimum Gasteiger partial charge on any atom is -0.324 e. The summed E-state index contributed by atoms with van der Waals surface area (Å²) >= 11 is 11.9. The van der Waals surface area contributed by atoms with Crippen molar-refractivity contribution in [3.8, 4) is 0 Å². The van der Waals surface area contributed by atoms with Crippen LogP contribution in [-0.4, -0.2) is 4.98 Å². The lowest BCUT2D eigenvalue weighted by molar-refractivity contribution is 0.716. The van der Waals surface area contributed by atoms with Crippen LogP contribution in [0.25, 0.3) is 0 Å². The summed E-state index contributed by atoms with van der Waals surface area (Å²) in [7, 11) is 0. The fourth-order valence-corrected chi connectivity index (χ4v) is 1.90. The van der Waals surface area contributed by atoms with Crippen LogP contribution in [0.4, 0.5) is 0 Å². The smallest absolute Gasteiger partial charge is 0.0652 e. The lowest BCUT2D eigenvalue weighted by Crippen LogP contribution is -2.11. The second-order valence-electron chi connectivity index (χ2n) is 3.28.